The zero-order valence-corrected chi connectivity index (χ0v) is 9.89. The van der Waals surface area contributed by atoms with Crippen LogP contribution < -0.4 is 5.32 Å². The molecule has 1 aromatic heterocycles. The first-order valence-corrected chi connectivity index (χ1v) is 6.34. The van der Waals surface area contributed by atoms with Crippen LogP contribution in [0.15, 0.2) is 30.6 Å². The summed E-state index contributed by atoms with van der Waals surface area (Å²) in [7, 11) is 0. The number of fused-ring (bicyclic) bond motifs is 1. The molecule has 1 atom stereocenters. The monoisotopic (exact) mass is 227 g/mol. The summed E-state index contributed by atoms with van der Waals surface area (Å²) in [5, 5.41) is 13.8. The summed E-state index contributed by atoms with van der Waals surface area (Å²) in [5.41, 5.74) is 1.39. The fourth-order valence-electron chi connectivity index (χ4n) is 2.55. The molecule has 3 heteroatoms. The molecule has 0 saturated carbocycles. The van der Waals surface area contributed by atoms with Gasteiger partial charge in [0.15, 0.2) is 0 Å². The van der Waals surface area contributed by atoms with Crippen LogP contribution >= 0.6 is 0 Å². The minimum atomic E-state index is 0.649. The Balaban J connectivity index is 1.80. The third-order valence-electron chi connectivity index (χ3n) is 3.51. The lowest BCUT2D eigenvalue weighted by atomic mass is 9.97. The van der Waals surface area contributed by atoms with Crippen molar-refractivity contribution in [2.24, 2.45) is 0 Å². The summed E-state index contributed by atoms with van der Waals surface area (Å²) in [6.07, 6.45) is 8.76. The normalized spacial score (nSPS) is 20.6. The largest absolute Gasteiger partial charge is 0.314 e. The van der Waals surface area contributed by atoms with Crippen LogP contribution in [0.25, 0.3) is 10.8 Å². The molecule has 0 spiro atoms. The molecule has 0 aliphatic carbocycles. The van der Waals surface area contributed by atoms with Gasteiger partial charge in [-0.3, -0.25) is 0 Å². The van der Waals surface area contributed by atoms with Gasteiger partial charge in [-0.15, -0.1) is 0 Å². The van der Waals surface area contributed by atoms with Crippen LogP contribution in [0.1, 0.15) is 24.8 Å². The van der Waals surface area contributed by atoms with E-state index in [1.54, 1.807) is 0 Å². The second-order valence-corrected chi connectivity index (χ2v) is 4.80. The van der Waals surface area contributed by atoms with Crippen molar-refractivity contribution in [3.63, 3.8) is 0 Å². The van der Waals surface area contributed by atoms with Crippen molar-refractivity contribution >= 4 is 10.8 Å². The van der Waals surface area contributed by atoms with Crippen molar-refractivity contribution in [3.05, 3.63) is 36.2 Å². The lowest BCUT2D eigenvalue weighted by molar-refractivity contribution is 0.399. The van der Waals surface area contributed by atoms with E-state index in [-0.39, 0.29) is 0 Å². The molecule has 1 saturated heterocycles. The maximum Gasteiger partial charge on any atom is 0.0574 e. The van der Waals surface area contributed by atoms with Gasteiger partial charge in [-0.2, -0.15) is 10.2 Å². The highest BCUT2D eigenvalue weighted by atomic mass is 15.1. The molecule has 1 fully saturated rings. The third-order valence-corrected chi connectivity index (χ3v) is 3.51. The lowest BCUT2D eigenvalue weighted by Crippen LogP contribution is -2.35. The number of hydrogen-bond acceptors (Lipinski definition) is 3. The summed E-state index contributed by atoms with van der Waals surface area (Å²) < 4.78 is 0. The highest BCUT2D eigenvalue weighted by Gasteiger charge is 2.12. The minimum absolute atomic E-state index is 0.649. The maximum absolute atomic E-state index is 3.94. The fourth-order valence-corrected chi connectivity index (χ4v) is 2.55. The van der Waals surface area contributed by atoms with Gasteiger partial charge in [0.2, 0.25) is 0 Å². The third kappa shape index (κ3) is 2.44. The van der Waals surface area contributed by atoms with Gasteiger partial charge in [0.1, 0.15) is 0 Å². The lowest BCUT2D eigenvalue weighted by Gasteiger charge is -2.23. The molecule has 0 bridgehead atoms. The Labute approximate surface area is 101 Å². The predicted molar refractivity (Wildman–Crippen MR) is 68.9 cm³/mol. The fraction of sp³-hybridized carbons (Fsp3) is 0.429. The molecule has 1 aliphatic heterocycles. The smallest absolute Gasteiger partial charge is 0.0574 e. The molecular formula is C14H17N3. The van der Waals surface area contributed by atoms with E-state index in [0.717, 1.165) is 6.42 Å². The standard InChI is InChI=1S/C14H17N3/c1-2-6-15-14(3-1)8-11-4-5-12-9-16-17-10-13(12)7-11/h4-5,7,9-10,14-15H,1-3,6,8H2. The number of rotatable bonds is 2. The van der Waals surface area contributed by atoms with Gasteiger partial charge in [0.25, 0.3) is 0 Å². The molecule has 88 valence electrons. The van der Waals surface area contributed by atoms with Crippen LogP contribution in [0.4, 0.5) is 0 Å². The van der Waals surface area contributed by atoms with Crippen molar-refractivity contribution in [2.45, 2.75) is 31.7 Å². The highest BCUT2D eigenvalue weighted by molar-refractivity contribution is 5.81. The Kier molecular flexibility index (Phi) is 3.01. The van der Waals surface area contributed by atoms with Gasteiger partial charge in [-0.05, 0) is 37.4 Å². The average molecular weight is 227 g/mol. The Morgan fingerprint density at radius 2 is 2.00 bits per heavy atom. The molecule has 17 heavy (non-hydrogen) atoms. The van der Waals surface area contributed by atoms with E-state index in [2.05, 4.69) is 33.7 Å². The molecular weight excluding hydrogens is 210 g/mol. The Morgan fingerprint density at radius 1 is 1.12 bits per heavy atom. The molecule has 1 N–H and O–H groups in total. The Morgan fingerprint density at radius 3 is 2.82 bits per heavy atom. The Bertz CT molecular complexity index is 504. The first kappa shape index (κ1) is 10.7. The molecule has 3 rings (SSSR count). The predicted octanol–water partition coefficient (Wildman–Crippen LogP) is 2.31. The van der Waals surface area contributed by atoms with Crippen LogP contribution in [0.3, 0.4) is 0 Å². The molecule has 3 nitrogen and oxygen atoms in total. The number of hydrogen-bond donors (Lipinski definition) is 1. The van der Waals surface area contributed by atoms with Crippen LogP contribution in [-0.2, 0) is 6.42 Å². The van der Waals surface area contributed by atoms with E-state index >= 15 is 0 Å². The SMILES string of the molecule is c1cc2cnncc2cc1CC1CCCCN1. The summed E-state index contributed by atoms with van der Waals surface area (Å²) in [6.45, 7) is 1.17. The number of nitrogens with one attached hydrogen (secondary N) is 1. The van der Waals surface area contributed by atoms with E-state index < -0.39 is 0 Å². The molecule has 1 unspecified atom stereocenters. The zero-order valence-electron chi connectivity index (χ0n) is 9.89. The van der Waals surface area contributed by atoms with Gasteiger partial charge < -0.3 is 5.32 Å². The van der Waals surface area contributed by atoms with E-state index in [0.29, 0.717) is 6.04 Å². The molecule has 2 heterocycles. The van der Waals surface area contributed by atoms with E-state index in [1.807, 2.05) is 12.4 Å². The maximum atomic E-state index is 3.94. The van der Waals surface area contributed by atoms with Crippen LogP contribution in [0, 0.1) is 0 Å². The van der Waals surface area contributed by atoms with Gasteiger partial charge in [-0.1, -0.05) is 18.6 Å². The van der Waals surface area contributed by atoms with Crippen LogP contribution in [0.5, 0.6) is 0 Å². The number of benzene rings is 1. The summed E-state index contributed by atoms with van der Waals surface area (Å²) in [5.74, 6) is 0. The van der Waals surface area contributed by atoms with E-state index in [1.165, 1.54) is 42.1 Å². The van der Waals surface area contributed by atoms with Crippen molar-refractivity contribution in [1.82, 2.24) is 15.5 Å². The second kappa shape index (κ2) is 4.80. The van der Waals surface area contributed by atoms with Crippen molar-refractivity contribution < 1.29 is 0 Å². The highest BCUT2D eigenvalue weighted by Crippen LogP contribution is 2.17. The number of piperidine rings is 1. The van der Waals surface area contributed by atoms with E-state index in [4.69, 9.17) is 0 Å². The molecule has 0 amide bonds. The molecule has 1 aliphatic rings. The molecule has 0 radical (unpaired) electrons. The molecule has 1 aromatic carbocycles. The summed E-state index contributed by atoms with van der Waals surface area (Å²) in [4.78, 5) is 0. The molecule has 2 aromatic rings. The van der Waals surface area contributed by atoms with Crippen LogP contribution in [-0.4, -0.2) is 22.8 Å². The van der Waals surface area contributed by atoms with Crippen LogP contribution in [0.2, 0.25) is 0 Å². The minimum Gasteiger partial charge on any atom is -0.314 e. The summed E-state index contributed by atoms with van der Waals surface area (Å²) >= 11 is 0. The van der Waals surface area contributed by atoms with Gasteiger partial charge in [-0.25, -0.2) is 0 Å². The van der Waals surface area contributed by atoms with Gasteiger partial charge in [0, 0.05) is 16.8 Å². The van der Waals surface area contributed by atoms with Crippen molar-refractivity contribution in [2.75, 3.05) is 6.54 Å². The van der Waals surface area contributed by atoms with Crippen molar-refractivity contribution in [1.29, 1.82) is 0 Å². The topological polar surface area (TPSA) is 37.8 Å². The summed E-state index contributed by atoms with van der Waals surface area (Å²) in [6, 6.07) is 7.24. The number of aromatic nitrogens is 2. The average Bonchev–Trinajstić information content (AvgIpc) is 2.40. The first-order valence-electron chi connectivity index (χ1n) is 6.34. The van der Waals surface area contributed by atoms with Gasteiger partial charge >= 0.3 is 0 Å². The second-order valence-electron chi connectivity index (χ2n) is 4.80. The first-order chi connectivity index (χ1) is 8.42. The van der Waals surface area contributed by atoms with Gasteiger partial charge in [0.05, 0.1) is 12.4 Å². The quantitative estimate of drug-likeness (QED) is 0.855. The number of nitrogens with zero attached hydrogens (tertiary/aromatic N) is 2. The Hall–Kier alpha value is -1.48. The van der Waals surface area contributed by atoms with E-state index in [9.17, 15) is 0 Å². The zero-order chi connectivity index (χ0) is 11.5. The van der Waals surface area contributed by atoms with Crippen molar-refractivity contribution in [3.8, 4) is 0 Å².